The molecule has 4 aromatic rings. The summed E-state index contributed by atoms with van der Waals surface area (Å²) in [5.74, 6) is 0.291. The lowest BCUT2D eigenvalue weighted by molar-refractivity contribution is 0.582. The van der Waals surface area contributed by atoms with Crippen molar-refractivity contribution in [1.82, 2.24) is 19.6 Å². The first kappa shape index (κ1) is 16.0. The zero-order valence-electron chi connectivity index (χ0n) is 14.2. The van der Waals surface area contributed by atoms with E-state index in [-0.39, 0.29) is 0 Å². The molecule has 0 atom stereocenters. The number of hydrogen-bond acceptors (Lipinski definition) is 5. The van der Waals surface area contributed by atoms with Gasteiger partial charge >= 0.3 is 0 Å². The van der Waals surface area contributed by atoms with Gasteiger partial charge in [0.2, 0.25) is 5.95 Å². The van der Waals surface area contributed by atoms with Crippen molar-refractivity contribution >= 4 is 17.2 Å². The molecule has 0 saturated heterocycles. The third kappa shape index (κ3) is 3.06. The van der Waals surface area contributed by atoms with Crippen molar-refractivity contribution in [2.45, 2.75) is 6.54 Å². The lowest BCUT2D eigenvalue weighted by atomic mass is 10.1. The Morgan fingerprint density at radius 2 is 1.81 bits per heavy atom. The van der Waals surface area contributed by atoms with Crippen LogP contribution in [0.25, 0.3) is 16.9 Å². The molecule has 0 fully saturated rings. The van der Waals surface area contributed by atoms with E-state index in [0.29, 0.717) is 12.2 Å². The molecule has 3 aromatic heterocycles. The fourth-order valence-electron chi connectivity index (χ4n) is 2.77. The van der Waals surface area contributed by atoms with E-state index < -0.39 is 5.95 Å². The van der Waals surface area contributed by atoms with Crippen molar-refractivity contribution in [3.05, 3.63) is 72.4 Å². The number of rotatable bonds is 4. The highest BCUT2D eigenvalue weighted by Crippen LogP contribution is 2.23. The highest BCUT2D eigenvalue weighted by atomic mass is 19.1. The molecule has 0 spiro atoms. The van der Waals surface area contributed by atoms with Gasteiger partial charge in [0, 0.05) is 31.0 Å². The number of fused-ring (bicyclic) bond motifs is 1. The van der Waals surface area contributed by atoms with Gasteiger partial charge in [0.25, 0.3) is 0 Å². The number of imidazole rings is 1. The van der Waals surface area contributed by atoms with E-state index in [1.54, 1.807) is 16.8 Å². The second kappa shape index (κ2) is 6.44. The Morgan fingerprint density at radius 1 is 1.00 bits per heavy atom. The molecule has 3 heterocycles. The summed E-state index contributed by atoms with van der Waals surface area (Å²) in [4.78, 5) is 10.1. The van der Waals surface area contributed by atoms with E-state index >= 15 is 0 Å². The molecule has 0 bridgehead atoms. The summed E-state index contributed by atoms with van der Waals surface area (Å²) >= 11 is 0. The Balaban J connectivity index is 1.67. The highest BCUT2D eigenvalue weighted by Gasteiger charge is 2.10. The average Bonchev–Trinajstić information content (AvgIpc) is 3.07. The van der Waals surface area contributed by atoms with Crippen molar-refractivity contribution in [1.29, 1.82) is 0 Å². The second-order valence-corrected chi connectivity index (χ2v) is 6.07. The van der Waals surface area contributed by atoms with Gasteiger partial charge in [-0.2, -0.15) is 4.39 Å². The van der Waals surface area contributed by atoms with Gasteiger partial charge < -0.3 is 10.6 Å². The van der Waals surface area contributed by atoms with Crippen molar-refractivity contribution in [2.75, 3.05) is 17.7 Å². The maximum atomic E-state index is 13.0. The van der Waals surface area contributed by atoms with Crippen molar-refractivity contribution in [3.8, 4) is 11.3 Å². The second-order valence-electron chi connectivity index (χ2n) is 6.07. The van der Waals surface area contributed by atoms with Crippen LogP contribution in [0.5, 0.6) is 0 Å². The summed E-state index contributed by atoms with van der Waals surface area (Å²) in [5.41, 5.74) is 10.0. The number of anilines is 2. The summed E-state index contributed by atoms with van der Waals surface area (Å²) in [5, 5.41) is 4.70. The molecule has 2 N–H and O–H groups in total. The lowest BCUT2D eigenvalue weighted by Gasteiger charge is -2.18. The molecule has 26 heavy (non-hydrogen) atoms. The molecule has 0 amide bonds. The van der Waals surface area contributed by atoms with Crippen LogP contribution < -0.4 is 10.6 Å². The lowest BCUT2D eigenvalue weighted by Crippen LogP contribution is -2.19. The summed E-state index contributed by atoms with van der Waals surface area (Å²) in [6.07, 6.45) is 3.32. The maximum absolute atomic E-state index is 13.0. The van der Waals surface area contributed by atoms with Crippen LogP contribution in [0.1, 0.15) is 5.56 Å². The minimum absolute atomic E-state index is 0.484. The zero-order chi connectivity index (χ0) is 18.1. The Kier molecular flexibility index (Phi) is 3.96. The first-order valence-corrected chi connectivity index (χ1v) is 8.12. The molecule has 0 aliphatic carbocycles. The van der Waals surface area contributed by atoms with Gasteiger partial charge in [-0.05, 0) is 35.9 Å². The molecule has 0 aliphatic heterocycles. The van der Waals surface area contributed by atoms with E-state index in [4.69, 9.17) is 10.8 Å². The van der Waals surface area contributed by atoms with Crippen LogP contribution in [0.4, 0.5) is 15.9 Å². The molecule has 0 saturated carbocycles. The van der Waals surface area contributed by atoms with E-state index in [1.165, 1.54) is 12.3 Å². The van der Waals surface area contributed by atoms with E-state index in [0.717, 1.165) is 28.3 Å². The van der Waals surface area contributed by atoms with Crippen molar-refractivity contribution in [3.63, 3.8) is 0 Å². The van der Waals surface area contributed by atoms with Crippen LogP contribution in [-0.4, -0.2) is 26.6 Å². The molecular formula is C19H17FN6. The smallest absolute Gasteiger partial charge is 0.212 e. The number of pyridine rings is 1. The molecule has 0 radical (unpaired) electrons. The van der Waals surface area contributed by atoms with Crippen molar-refractivity contribution < 1.29 is 4.39 Å². The molecular weight excluding hydrogens is 331 g/mol. The average molecular weight is 348 g/mol. The van der Waals surface area contributed by atoms with Crippen LogP contribution >= 0.6 is 0 Å². The Hall–Kier alpha value is -3.48. The molecule has 6 nitrogen and oxygen atoms in total. The third-order valence-electron chi connectivity index (χ3n) is 4.15. The van der Waals surface area contributed by atoms with Crippen LogP contribution in [0.3, 0.4) is 0 Å². The van der Waals surface area contributed by atoms with E-state index in [1.807, 2.05) is 48.3 Å². The van der Waals surface area contributed by atoms with Gasteiger partial charge in [0.15, 0.2) is 5.65 Å². The number of hydrogen-bond donors (Lipinski definition) is 1. The Morgan fingerprint density at radius 3 is 2.54 bits per heavy atom. The highest BCUT2D eigenvalue weighted by molar-refractivity contribution is 5.65. The van der Waals surface area contributed by atoms with Gasteiger partial charge in [-0.15, -0.1) is 5.10 Å². The quantitative estimate of drug-likeness (QED) is 0.453. The standard InChI is InChI=1S/C19H17FN6/c1-25(12-13-2-7-17(20)22-10-13)19-9-8-18-23-11-16(26(18)24-19)14-3-5-15(21)6-4-14/h2-11H,12,21H2,1H3. The number of benzene rings is 1. The SMILES string of the molecule is CN(Cc1ccc(F)nc1)c1ccc2ncc(-c3ccc(N)cc3)n2n1. The number of nitrogens with zero attached hydrogens (tertiary/aromatic N) is 5. The van der Waals surface area contributed by atoms with Gasteiger partial charge in [-0.1, -0.05) is 18.2 Å². The first-order chi connectivity index (χ1) is 12.6. The number of aromatic nitrogens is 4. The molecule has 130 valence electrons. The summed E-state index contributed by atoms with van der Waals surface area (Å²) in [6, 6.07) is 14.5. The normalized spacial score (nSPS) is 11.0. The van der Waals surface area contributed by atoms with Crippen molar-refractivity contribution in [2.24, 2.45) is 0 Å². The fourth-order valence-corrected chi connectivity index (χ4v) is 2.77. The Bertz CT molecular complexity index is 1040. The van der Waals surface area contributed by atoms with Gasteiger partial charge in [0.05, 0.1) is 11.9 Å². The molecule has 0 unspecified atom stereocenters. The predicted octanol–water partition coefficient (Wildman–Crippen LogP) is 3.15. The van der Waals surface area contributed by atoms with Gasteiger partial charge in [-0.25, -0.2) is 14.5 Å². The Labute approximate surface area is 149 Å². The largest absolute Gasteiger partial charge is 0.399 e. The number of nitrogens with two attached hydrogens (primary N) is 1. The summed E-state index contributed by atoms with van der Waals surface area (Å²) in [7, 11) is 1.93. The minimum Gasteiger partial charge on any atom is -0.399 e. The monoisotopic (exact) mass is 348 g/mol. The van der Waals surface area contributed by atoms with Crippen LogP contribution in [0.2, 0.25) is 0 Å². The number of halogens is 1. The van der Waals surface area contributed by atoms with Crippen LogP contribution in [0, 0.1) is 5.95 Å². The van der Waals surface area contributed by atoms with E-state index in [2.05, 4.69) is 9.97 Å². The maximum Gasteiger partial charge on any atom is 0.212 e. The molecule has 0 aliphatic rings. The minimum atomic E-state index is -0.484. The summed E-state index contributed by atoms with van der Waals surface area (Å²) in [6.45, 7) is 0.567. The topological polar surface area (TPSA) is 72.3 Å². The molecule has 7 heteroatoms. The zero-order valence-corrected chi connectivity index (χ0v) is 14.2. The molecule has 1 aromatic carbocycles. The van der Waals surface area contributed by atoms with Crippen LogP contribution in [-0.2, 0) is 6.54 Å². The van der Waals surface area contributed by atoms with Gasteiger partial charge in [-0.3, -0.25) is 0 Å². The fraction of sp³-hybridized carbons (Fsp3) is 0.105. The number of nitrogen functional groups attached to an aromatic ring is 1. The third-order valence-corrected chi connectivity index (χ3v) is 4.15. The first-order valence-electron chi connectivity index (χ1n) is 8.12. The van der Waals surface area contributed by atoms with Crippen LogP contribution in [0.15, 0.2) is 60.9 Å². The molecule has 4 rings (SSSR count). The van der Waals surface area contributed by atoms with E-state index in [9.17, 15) is 4.39 Å². The van der Waals surface area contributed by atoms with Gasteiger partial charge in [0.1, 0.15) is 5.82 Å². The summed E-state index contributed by atoms with van der Waals surface area (Å²) < 4.78 is 14.8. The predicted molar refractivity (Wildman–Crippen MR) is 99.1 cm³/mol.